The maximum Gasteiger partial charge on any atom is 0.180 e. The van der Waals surface area contributed by atoms with E-state index in [2.05, 4.69) is 53.4 Å². The maximum absolute atomic E-state index is 12.7. The van der Waals surface area contributed by atoms with Gasteiger partial charge in [-0.3, -0.25) is 9.20 Å². The van der Waals surface area contributed by atoms with E-state index < -0.39 is 0 Å². The average molecular weight is 441 g/mol. The summed E-state index contributed by atoms with van der Waals surface area (Å²) in [5.41, 5.74) is 6.81. The zero-order valence-electron chi connectivity index (χ0n) is 19.8. The van der Waals surface area contributed by atoms with Crippen LogP contribution in [0.1, 0.15) is 66.9 Å². The molecule has 2 heterocycles. The van der Waals surface area contributed by atoms with Crippen LogP contribution in [0.25, 0.3) is 16.9 Å². The van der Waals surface area contributed by atoms with Crippen LogP contribution in [0.4, 0.5) is 11.5 Å². The molecule has 4 aromatic rings. The zero-order chi connectivity index (χ0) is 23.2. The molecule has 0 aliphatic heterocycles. The van der Waals surface area contributed by atoms with E-state index in [1.165, 1.54) is 24.8 Å². The molecule has 1 N–H and O–H groups in total. The number of carbonyl (C=O) groups is 1. The molecule has 0 aliphatic rings. The van der Waals surface area contributed by atoms with Crippen molar-refractivity contribution in [3.05, 3.63) is 77.7 Å². The first kappa shape index (κ1) is 22.7. The summed E-state index contributed by atoms with van der Waals surface area (Å²) in [5, 5.41) is 3.39. The predicted molar refractivity (Wildman–Crippen MR) is 135 cm³/mol. The highest BCUT2D eigenvalue weighted by Crippen LogP contribution is 2.26. The van der Waals surface area contributed by atoms with Crippen LogP contribution < -0.4 is 5.32 Å². The van der Waals surface area contributed by atoms with E-state index in [4.69, 9.17) is 0 Å². The van der Waals surface area contributed by atoms with Gasteiger partial charge in [0.1, 0.15) is 0 Å². The van der Waals surface area contributed by atoms with Gasteiger partial charge in [-0.25, -0.2) is 9.97 Å². The number of ketones is 1. The van der Waals surface area contributed by atoms with Gasteiger partial charge in [0, 0.05) is 35.6 Å². The summed E-state index contributed by atoms with van der Waals surface area (Å²) in [7, 11) is 0. The Morgan fingerprint density at radius 1 is 0.970 bits per heavy atom. The number of hydrogen-bond donors (Lipinski definition) is 1. The predicted octanol–water partition coefficient (Wildman–Crippen LogP) is 7.30. The second-order valence-corrected chi connectivity index (χ2v) is 8.72. The molecule has 0 aliphatic carbocycles. The summed E-state index contributed by atoms with van der Waals surface area (Å²) < 4.78 is 2.04. The lowest BCUT2D eigenvalue weighted by atomic mass is 9.99. The number of Topliss-reactive ketones (excluding diaryl/α,β-unsaturated/α-hetero) is 1. The van der Waals surface area contributed by atoms with Gasteiger partial charge in [-0.2, -0.15) is 0 Å². The minimum Gasteiger partial charge on any atom is -0.337 e. The molecule has 0 saturated carbocycles. The molecule has 0 fully saturated rings. The van der Waals surface area contributed by atoms with Gasteiger partial charge in [-0.1, -0.05) is 62.4 Å². The van der Waals surface area contributed by atoms with Crippen LogP contribution in [0.15, 0.2) is 61.1 Å². The molecule has 33 heavy (non-hydrogen) atoms. The minimum atomic E-state index is 0.228. The standard InChI is InChI=1S/C28H32N4O/c1-4-5-6-7-8-9-26(33)24-15-14-23(18-21(24)3)31-27-28-30-19-25(32(28)17-16-29-27)22-12-10-20(2)11-13-22/h10-19H,4-9H2,1-3H3,(H,29,31). The van der Waals surface area contributed by atoms with Crippen molar-refractivity contribution in [3.8, 4) is 11.3 Å². The fourth-order valence-electron chi connectivity index (χ4n) is 4.16. The number of nitrogens with zero attached hydrogens (tertiary/aromatic N) is 3. The van der Waals surface area contributed by atoms with Gasteiger partial charge in [-0.15, -0.1) is 0 Å². The van der Waals surface area contributed by atoms with Crippen molar-refractivity contribution in [2.24, 2.45) is 0 Å². The molecular formula is C28H32N4O. The molecule has 5 nitrogen and oxygen atoms in total. The maximum atomic E-state index is 12.7. The molecule has 0 saturated heterocycles. The summed E-state index contributed by atoms with van der Waals surface area (Å²) in [5.74, 6) is 0.914. The van der Waals surface area contributed by atoms with E-state index >= 15 is 0 Å². The Hall–Kier alpha value is -3.47. The summed E-state index contributed by atoms with van der Waals surface area (Å²) >= 11 is 0. The minimum absolute atomic E-state index is 0.228. The van der Waals surface area contributed by atoms with Crippen LogP contribution in [0.5, 0.6) is 0 Å². The third-order valence-electron chi connectivity index (χ3n) is 6.07. The third-order valence-corrected chi connectivity index (χ3v) is 6.07. The summed E-state index contributed by atoms with van der Waals surface area (Å²) in [6, 6.07) is 14.3. The fourth-order valence-corrected chi connectivity index (χ4v) is 4.16. The van der Waals surface area contributed by atoms with Crippen molar-refractivity contribution in [1.82, 2.24) is 14.4 Å². The Kier molecular flexibility index (Phi) is 7.18. The Labute approximate surface area is 195 Å². The lowest BCUT2D eigenvalue weighted by Crippen LogP contribution is -2.03. The number of carbonyl (C=O) groups excluding carboxylic acids is 1. The van der Waals surface area contributed by atoms with Crippen LogP contribution in [0, 0.1) is 13.8 Å². The van der Waals surface area contributed by atoms with Gasteiger partial charge in [0.2, 0.25) is 0 Å². The summed E-state index contributed by atoms with van der Waals surface area (Å²) in [4.78, 5) is 21.8. The largest absolute Gasteiger partial charge is 0.337 e. The molecule has 0 radical (unpaired) electrons. The smallest absolute Gasteiger partial charge is 0.180 e. The number of hydrogen-bond acceptors (Lipinski definition) is 4. The molecule has 2 aromatic heterocycles. The molecule has 2 aromatic carbocycles. The first-order chi connectivity index (χ1) is 16.1. The van der Waals surface area contributed by atoms with Crippen molar-refractivity contribution >= 4 is 22.9 Å². The molecule has 0 unspecified atom stereocenters. The molecule has 0 bridgehead atoms. The van der Waals surface area contributed by atoms with Crippen molar-refractivity contribution in [1.29, 1.82) is 0 Å². The van der Waals surface area contributed by atoms with E-state index in [1.807, 2.05) is 41.9 Å². The monoisotopic (exact) mass is 440 g/mol. The van der Waals surface area contributed by atoms with Gasteiger partial charge in [0.25, 0.3) is 0 Å². The highest BCUT2D eigenvalue weighted by atomic mass is 16.1. The average Bonchev–Trinajstić information content (AvgIpc) is 3.25. The molecular weight excluding hydrogens is 408 g/mol. The normalized spacial score (nSPS) is 11.1. The summed E-state index contributed by atoms with van der Waals surface area (Å²) in [6.07, 6.45) is 12.0. The topological polar surface area (TPSA) is 59.3 Å². The number of fused-ring (bicyclic) bond motifs is 1. The number of rotatable bonds is 10. The first-order valence-corrected chi connectivity index (χ1v) is 11.9. The highest BCUT2D eigenvalue weighted by molar-refractivity contribution is 5.97. The van der Waals surface area contributed by atoms with Crippen LogP contribution in [-0.4, -0.2) is 20.2 Å². The number of aryl methyl sites for hydroxylation is 2. The fraction of sp³-hybridized carbons (Fsp3) is 0.321. The van der Waals surface area contributed by atoms with Crippen LogP contribution >= 0.6 is 0 Å². The van der Waals surface area contributed by atoms with E-state index in [9.17, 15) is 4.79 Å². The second-order valence-electron chi connectivity index (χ2n) is 8.72. The van der Waals surface area contributed by atoms with Gasteiger partial charge in [0.15, 0.2) is 17.2 Å². The Bertz CT molecular complexity index is 1240. The third kappa shape index (κ3) is 5.30. The van der Waals surface area contributed by atoms with E-state index in [-0.39, 0.29) is 5.78 Å². The number of anilines is 2. The molecule has 0 amide bonds. The number of benzene rings is 2. The van der Waals surface area contributed by atoms with Crippen molar-refractivity contribution in [3.63, 3.8) is 0 Å². The zero-order valence-corrected chi connectivity index (χ0v) is 19.8. The van der Waals surface area contributed by atoms with Crippen molar-refractivity contribution in [2.75, 3.05) is 5.32 Å². The van der Waals surface area contributed by atoms with Gasteiger partial charge >= 0.3 is 0 Å². The number of unbranched alkanes of at least 4 members (excludes halogenated alkanes) is 4. The van der Waals surface area contributed by atoms with Gasteiger partial charge < -0.3 is 5.32 Å². The Morgan fingerprint density at radius 2 is 1.76 bits per heavy atom. The van der Waals surface area contributed by atoms with Gasteiger partial charge in [0.05, 0.1) is 11.9 Å². The quantitative estimate of drug-likeness (QED) is 0.208. The number of aromatic nitrogens is 3. The molecule has 4 rings (SSSR count). The van der Waals surface area contributed by atoms with E-state index in [1.54, 1.807) is 6.20 Å². The van der Waals surface area contributed by atoms with E-state index in [0.717, 1.165) is 46.6 Å². The van der Waals surface area contributed by atoms with Gasteiger partial charge in [-0.05, 0) is 44.0 Å². The lowest BCUT2D eigenvalue weighted by Gasteiger charge is -2.11. The molecule has 0 atom stereocenters. The molecule has 0 spiro atoms. The highest BCUT2D eigenvalue weighted by Gasteiger charge is 2.13. The van der Waals surface area contributed by atoms with E-state index in [0.29, 0.717) is 12.2 Å². The van der Waals surface area contributed by atoms with Crippen LogP contribution in [0.2, 0.25) is 0 Å². The lowest BCUT2D eigenvalue weighted by molar-refractivity contribution is 0.0978. The molecule has 5 heteroatoms. The molecule has 170 valence electrons. The number of imidazole rings is 1. The second kappa shape index (κ2) is 10.4. The number of nitrogens with one attached hydrogen (secondary N) is 1. The first-order valence-electron chi connectivity index (χ1n) is 11.9. The summed E-state index contributed by atoms with van der Waals surface area (Å²) in [6.45, 7) is 6.28. The Balaban J connectivity index is 1.50. The Morgan fingerprint density at radius 3 is 2.52 bits per heavy atom. The van der Waals surface area contributed by atoms with Crippen molar-refractivity contribution in [2.45, 2.75) is 59.3 Å². The van der Waals surface area contributed by atoms with Crippen molar-refractivity contribution < 1.29 is 4.79 Å². The SMILES string of the molecule is CCCCCCCC(=O)c1ccc(Nc2nccn3c(-c4ccc(C)cc4)cnc23)cc1C. The van der Waals surface area contributed by atoms with Crippen LogP contribution in [-0.2, 0) is 0 Å². The van der Waals surface area contributed by atoms with Crippen LogP contribution in [0.3, 0.4) is 0 Å².